The second kappa shape index (κ2) is 13.0. The molecule has 0 unspecified atom stereocenters. The first-order valence-electron chi connectivity index (χ1n) is 7.66. The monoisotopic (exact) mass is 604 g/mol. The predicted octanol–water partition coefficient (Wildman–Crippen LogP) is 4.94. The summed E-state index contributed by atoms with van der Waals surface area (Å²) in [5.41, 5.74) is 10.1. The highest BCUT2D eigenvalue weighted by molar-refractivity contribution is 14.1. The Labute approximate surface area is 185 Å². The van der Waals surface area contributed by atoms with E-state index in [4.69, 9.17) is 5.73 Å². The fourth-order valence-corrected chi connectivity index (χ4v) is 2.57. The van der Waals surface area contributed by atoms with Gasteiger partial charge in [0.2, 0.25) is 0 Å². The predicted molar refractivity (Wildman–Crippen MR) is 125 cm³/mol. The number of anilines is 2. The summed E-state index contributed by atoms with van der Waals surface area (Å²) >= 11 is 4.04. The van der Waals surface area contributed by atoms with Gasteiger partial charge >= 0.3 is 6.03 Å². The number of halogens is 4. The largest absolute Gasteiger partial charge is 0.396 e. The van der Waals surface area contributed by atoms with Gasteiger partial charge in [-0.15, -0.1) is 0 Å². The maximum atomic E-state index is 13.3. The summed E-state index contributed by atoms with van der Waals surface area (Å²) in [6.45, 7) is 0. The minimum Gasteiger partial charge on any atom is -0.396 e. The van der Waals surface area contributed by atoms with Gasteiger partial charge in [-0.2, -0.15) is 0 Å². The molecular formula is C18H24F2I2N4O. The van der Waals surface area contributed by atoms with Crippen LogP contribution in [-0.2, 0) is 0 Å². The van der Waals surface area contributed by atoms with E-state index in [0.717, 1.165) is 20.0 Å². The quantitative estimate of drug-likeness (QED) is 0.289. The summed E-state index contributed by atoms with van der Waals surface area (Å²) in [5.74, 6) is -0.755. The van der Waals surface area contributed by atoms with Crippen molar-refractivity contribution in [1.29, 1.82) is 0 Å². The third-order valence-corrected chi connectivity index (χ3v) is 4.40. The Morgan fingerprint density at radius 1 is 1.04 bits per heavy atom. The van der Waals surface area contributed by atoms with Crippen molar-refractivity contribution in [3.05, 3.63) is 55.2 Å². The molecule has 0 bridgehead atoms. The molecule has 150 valence electrons. The lowest BCUT2D eigenvalue weighted by molar-refractivity contribution is 0.251. The SMILES string of the molecule is C.CN.Nc1ccc(I)cc1F.O=C(Nc1ccc(I)cc1F)NC1CC1. The average molecular weight is 604 g/mol. The molecule has 0 spiro atoms. The van der Waals surface area contributed by atoms with Gasteiger partial charge in [0.15, 0.2) is 0 Å². The molecule has 0 saturated heterocycles. The molecule has 1 aliphatic rings. The molecule has 27 heavy (non-hydrogen) atoms. The van der Waals surface area contributed by atoms with Gasteiger partial charge in [0, 0.05) is 13.2 Å². The number of carbonyl (C=O) groups is 1. The van der Waals surface area contributed by atoms with Gasteiger partial charge in [0.1, 0.15) is 11.6 Å². The van der Waals surface area contributed by atoms with Gasteiger partial charge in [-0.1, -0.05) is 7.43 Å². The van der Waals surface area contributed by atoms with Crippen LogP contribution in [0.25, 0.3) is 0 Å². The van der Waals surface area contributed by atoms with Crippen molar-refractivity contribution in [2.75, 3.05) is 18.1 Å². The van der Waals surface area contributed by atoms with E-state index in [1.807, 2.05) is 45.2 Å². The Kier molecular flexibility index (Phi) is 12.5. The van der Waals surface area contributed by atoms with Crippen LogP contribution in [0.4, 0.5) is 25.0 Å². The zero-order chi connectivity index (χ0) is 19.7. The Morgan fingerprint density at radius 3 is 2.00 bits per heavy atom. The first-order valence-corrected chi connectivity index (χ1v) is 9.81. The molecular weight excluding hydrogens is 580 g/mol. The molecule has 2 amide bonds. The molecule has 0 aliphatic heterocycles. The lowest BCUT2D eigenvalue weighted by Gasteiger charge is -2.07. The number of nitrogen functional groups attached to an aromatic ring is 1. The molecule has 0 atom stereocenters. The fraction of sp³-hybridized carbons (Fsp3) is 0.278. The van der Waals surface area contributed by atoms with Gasteiger partial charge in [0.05, 0.1) is 11.4 Å². The van der Waals surface area contributed by atoms with E-state index in [1.165, 1.54) is 19.2 Å². The Balaban J connectivity index is 0.000000487. The van der Waals surface area contributed by atoms with Gasteiger partial charge in [-0.05, 0) is 101 Å². The third-order valence-electron chi connectivity index (χ3n) is 3.05. The summed E-state index contributed by atoms with van der Waals surface area (Å²) < 4.78 is 27.4. The van der Waals surface area contributed by atoms with Gasteiger partial charge < -0.3 is 22.1 Å². The zero-order valence-corrected chi connectivity index (χ0v) is 18.3. The number of benzene rings is 2. The second-order valence-corrected chi connectivity index (χ2v) is 7.65. The molecule has 2 aromatic rings. The lowest BCUT2D eigenvalue weighted by Crippen LogP contribution is -2.30. The maximum Gasteiger partial charge on any atom is 0.319 e. The summed E-state index contributed by atoms with van der Waals surface area (Å²) in [4.78, 5) is 11.3. The molecule has 1 aliphatic carbocycles. The van der Waals surface area contributed by atoms with E-state index in [0.29, 0.717) is 0 Å². The molecule has 0 aromatic heterocycles. The number of amides is 2. The van der Waals surface area contributed by atoms with Crippen molar-refractivity contribution in [3.8, 4) is 0 Å². The fourth-order valence-electron chi connectivity index (χ4n) is 1.66. The van der Waals surface area contributed by atoms with Gasteiger partial charge in [0.25, 0.3) is 0 Å². The van der Waals surface area contributed by atoms with E-state index in [9.17, 15) is 13.6 Å². The highest BCUT2D eigenvalue weighted by atomic mass is 127. The minimum atomic E-state index is -0.409. The molecule has 6 N–H and O–H groups in total. The second-order valence-electron chi connectivity index (χ2n) is 5.16. The van der Waals surface area contributed by atoms with Crippen LogP contribution in [0.2, 0.25) is 0 Å². The first kappa shape index (κ1) is 25.8. The highest BCUT2D eigenvalue weighted by Gasteiger charge is 2.23. The molecule has 9 heteroatoms. The van der Waals surface area contributed by atoms with Crippen LogP contribution in [0.5, 0.6) is 0 Å². The average Bonchev–Trinajstić information content (AvgIpc) is 3.40. The van der Waals surface area contributed by atoms with Crippen LogP contribution >= 0.6 is 45.2 Å². The summed E-state index contributed by atoms with van der Waals surface area (Å²) in [5, 5.41) is 5.21. The molecule has 0 heterocycles. The van der Waals surface area contributed by atoms with Crippen LogP contribution in [-0.4, -0.2) is 19.1 Å². The van der Waals surface area contributed by atoms with Crippen LogP contribution in [0.1, 0.15) is 20.3 Å². The van der Waals surface area contributed by atoms with Crippen LogP contribution in [0, 0.1) is 18.8 Å². The van der Waals surface area contributed by atoms with E-state index in [1.54, 1.807) is 24.3 Å². The van der Waals surface area contributed by atoms with Crippen molar-refractivity contribution < 1.29 is 13.6 Å². The molecule has 1 saturated carbocycles. The topological polar surface area (TPSA) is 93.2 Å². The smallest absolute Gasteiger partial charge is 0.319 e. The minimum absolute atomic E-state index is 0. The third kappa shape index (κ3) is 10.1. The summed E-state index contributed by atoms with van der Waals surface area (Å²) in [7, 11) is 1.50. The number of urea groups is 1. The standard InChI is InChI=1S/C10H10FIN2O.C6H5FIN.CH5N.CH4/c11-8-5-6(12)1-4-9(8)14-10(15)13-7-2-3-7;7-5-3-4(8)1-2-6(5)9;1-2;/h1,4-5,7H,2-3H2,(H2,13,14,15);1-3H,9H2;2H2,1H3;1H4. The number of nitrogens with two attached hydrogens (primary N) is 2. The Hall–Kier alpha value is -1.21. The van der Waals surface area contributed by atoms with Crippen LogP contribution in [0.3, 0.4) is 0 Å². The number of rotatable bonds is 2. The van der Waals surface area contributed by atoms with Crippen molar-refractivity contribution in [2.45, 2.75) is 26.3 Å². The number of carbonyl (C=O) groups excluding carboxylic acids is 1. The normalized spacial score (nSPS) is 11.6. The number of nitrogens with one attached hydrogen (secondary N) is 2. The maximum absolute atomic E-state index is 13.3. The van der Waals surface area contributed by atoms with E-state index >= 15 is 0 Å². The van der Waals surface area contributed by atoms with E-state index < -0.39 is 5.82 Å². The summed E-state index contributed by atoms with van der Waals surface area (Å²) in [6, 6.07) is 9.34. The number of hydrogen-bond donors (Lipinski definition) is 4. The number of hydrogen-bond acceptors (Lipinski definition) is 3. The Morgan fingerprint density at radius 2 is 1.56 bits per heavy atom. The van der Waals surface area contributed by atoms with Crippen molar-refractivity contribution in [1.82, 2.24) is 5.32 Å². The molecule has 0 radical (unpaired) electrons. The zero-order valence-electron chi connectivity index (χ0n) is 14.0. The summed E-state index contributed by atoms with van der Waals surface area (Å²) in [6.07, 6.45) is 2.03. The first-order chi connectivity index (χ1) is 12.3. The highest BCUT2D eigenvalue weighted by Crippen LogP contribution is 2.20. The van der Waals surface area contributed by atoms with Crippen LogP contribution in [0.15, 0.2) is 36.4 Å². The Bertz CT molecular complexity index is 743. The van der Waals surface area contributed by atoms with Crippen molar-refractivity contribution in [2.24, 2.45) is 5.73 Å². The van der Waals surface area contributed by atoms with Crippen molar-refractivity contribution in [3.63, 3.8) is 0 Å². The molecule has 1 fully saturated rings. The van der Waals surface area contributed by atoms with Crippen molar-refractivity contribution >= 4 is 62.6 Å². The van der Waals surface area contributed by atoms with Gasteiger partial charge in [-0.3, -0.25) is 0 Å². The van der Waals surface area contributed by atoms with E-state index in [2.05, 4.69) is 16.4 Å². The van der Waals surface area contributed by atoms with Crippen LogP contribution < -0.4 is 22.1 Å². The molecule has 5 nitrogen and oxygen atoms in total. The van der Waals surface area contributed by atoms with E-state index in [-0.39, 0.29) is 36.7 Å². The van der Waals surface area contributed by atoms with Gasteiger partial charge in [-0.25, -0.2) is 13.6 Å². The lowest BCUT2D eigenvalue weighted by atomic mass is 10.3. The molecule has 3 rings (SSSR count). The molecule has 2 aromatic carbocycles.